The molecule has 0 saturated carbocycles. The van der Waals surface area contributed by atoms with Gasteiger partial charge in [0, 0.05) is 13.6 Å². The van der Waals surface area contributed by atoms with Gasteiger partial charge in [-0.3, -0.25) is 9.78 Å². The van der Waals surface area contributed by atoms with E-state index in [9.17, 15) is 9.59 Å². The SMILES string of the molecule is Cn1nc(C(=O)NCC(C)(C)Cc2ccccc2)[nH]c1=O. The lowest BCUT2D eigenvalue weighted by molar-refractivity contribution is 0.0925. The van der Waals surface area contributed by atoms with E-state index in [1.807, 2.05) is 18.2 Å². The van der Waals surface area contributed by atoms with E-state index in [1.54, 1.807) is 0 Å². The van der Waals surface area contributed by atoms with Gasteiger partial charge in [-0.05, 0) is 17.4 Å². The molecule has 0 radical (unpaired) electrons. The summed E-state index contributed by atoms with van der Waals surface area (Å²) >= 11 is 0. The average molecular weight is 288 g/mol. The van der Waals surface area contributed by atoms with E-state index in [4.69, 9.17) is 0 Å². The number of aryl methyl sites for hydroxylation is 1. The van der Waals surface area contributed by atoms with Crippen molar-refractivity contribution in [1.29, 1.82) is 0 Å². The van der Waals surface area contributed by atoms with Gasteiger partial charge >= 0.3 is 5.69 Å². The lowest BCUT2D eigenvalue weighted by Gasteiger charge is -2.24. The predicted octanol–water partition coefficient (Wildman–Crippen LogP) is 1.11. The van der Waals surface area contributed by atoms with Gasteiger partial charge in [0.25, 0.3) is 5.91 Å². The van der Waals surface area contributed by atoms with Gasteiger partial charge in [0.1, 0.15) is 0 Å². The first-order chi connectivity index (χ1) is 9.87. The predicted molar refractivity (Wildman–Crippen MR) is 80.1 cm³/mol. The summed E-state index contributed by atoms with van der Waals surface area (Å²) in [6, 6.07) is 10.1. The van der Waals surface area contributed by atoms with E-state index >= 15 is 0 Å². The molecule has 0 aliphatic carbocycles. The van der Waals surface area contributed by atoms with Gasteiger partial charge in [0.2, 0.25) is 5.82 Å². The van der Waals surface area contributed by atoms with E-state index in [-0.39, 0.29) is 17.1 Å². The Balaban J connectivity index is 1.95. The lowest BCUT2D eigenvalue weighted by Crippen LogP contribution is -2.35. The minimum Gasteiger partial charge on any atom is -0.349 e. The van der Waals surface area contributed by atoms with Crippen LogP contribution in [0.15, 0.2) is 35.1 Å². The number of hydrogen-bond donors (Lipinski definition) is 2. The van der Waals surface area contributed by atoms with Crippen LogP contribution in [0.5, 0.6) is 0 Å². The van der Waals surface area contributed by atoms with E-state index in [0.717, 1.165) is 11.1 Å². The summed E-state index contributed by atoms with van der Waals surface area (Å²) in [5.41, 5.74) is 0.734. The van der Waals surface area contributed by atoms with Gasteiger partial charge in [0.15, 0.2) is 0 Å². The molecule has 0 bridgehead atoms. The summed E-state index contributed by atoms with van der Waals surface area (Å²) in [4.78, 5) is 25.6. The molecule has 112 valence electrons. The van der Waals surface area contributed by atoms with Crippen LogP contribution in [-0.2, 0) is 13.5 Å². The highest BCUT2D eigenvalue weighted by atomic mass is 16.2. The summed E-state index contributed by atoms with van der Waals surface area (Å²) in [6.45, 7) is 4.67. The number of carbonyl (C=O) groups is 1. The molecule has 6 heteroatoms. The number of hydrogen-bond acceptors (Lipinski definition) is 3. The third-order valence-corrected chi connectivity index (χ3v) is 3.24. The Morgan fingerprint density at radius 2 is 2.00 bits per heavy atom. The van der Waals surface area contributed by atoms with Crippen molar-refractivity contribution >= 4 is 5.91 Å². The zero-order valence-electron chi connectivity index (χ0n) is 12.5. The summed E-state index contributed by atoms with van der Waals surface area (Å²) in [5, 5.41) is 6.65. The van der Waals surface area contributed by atoms with Gasteiger partial charge in [-0.2, -0.15) is 0 Å². The fraction of sp³-hybridized carbons (Fsp3) is 0.400. The first-order valence-corrected chi connectivity index (χ1v) is 6.83. The zero-order valence-corrected chi connectivity index (χ0v) is 12.5. The van der Waals surface area contributed by atoms with Crippen molar-refractivity contribution in [3.63, 3.8) is 0 Å². The van der Waals surface area contributed by atoms with Gasteiger partial charge in [-0.25, -0.2) is 9.48 Å². The highest BCUT2D eigenvalue weighted by Crippen LogP contribution is 2.20. The van der Waals surface area contributed by atoms with Crippen LogP contribution < -0.4 is 11.0 Å². The van der Waals surface area contributed by atoms with E-state index < -0.39 is 5.69 Å². The summed E-state index contributed by atoms with van der Waals surface area (Å²) in [6.07, 6.45) is 0.854. The van der Waals surface area contributed by atoms with E-state index in [0.29, 0.717) is 6.54 Å². The van der Waals surface area contributed by atoms with Crippen LogP contribution in [0.3, 0.4) is 0 Å². The normalized spacial score (nSPS) is 11.4. The Labute approximate surface area is 123 Å². The number of carbonyl (C=O) groups excluding carboxylic acids is 1. The first-order valence-electron chi connectivity index (χ1n) is 6.83. The summed E-state index contributed by atoms with van der Waals surface area (Å²) in [7, 11) is 1.49. The largest absolute Gasteiger partial charge is 0.349 e. The Morgan fingerprint density at radius 1 is 1.33 bits per heavy atom. The molecule has 1 heterocycles. The molecule has 0 aliphatic heterocycles. The smallest absolute Gasteiger partial charge is 0.343 e. The van der Waals surface area contributed by atoms with Crippen LogP contribution >= 0.6 is 0 Å². The molecule has 0 fully saturated rings. The highest BCUT2D eigenvalue weighted by molar-refractivity contribution is 5.90. The van der Waals surface area contributed by atoms with Crippen molar-refractivity contribution < 1.29 is 4.79 Å². The molecule has 0 unspecified atom stereocenters. The maximum absolute atomic E-state index is 12.0. The number of aromatic amines is 1. The molecule has 0 spiro atoms. The van der Waals surface area contributed by atoms with Crippen LogP contribution in [-0.4, -0.2) is 27.2 Å². The topological polar surface area (TPSA) is 79.8 Å². The molecule has 0 saturated heterocycles. The molecule has 2 N–H and O–H groups in total. The van der Waals surface area contributed by atoms with Crippen LogP contribution in [0.1, 0.15) is 30.0 Å². The Bertz CT molecular complexity index is 670. The second kappa shape index (κ2) is 5.95. The number of benzene rings is 1. The van der Waals surface area contributed by atoms with Crippen molar-refractivity contribution in [2.75, 3.05) is 6.54 Å². The number of nitrogens with one attached hydrogen (secondary N) is 2. The molecular weight excluding hydrogens is 268 g/mol. The number of rotatable bonds is 5. The van der Waals surface area contributed by atoms with Crippen molar-refractivity contribution in [3.05, 3.63) is 52.2 Å². The standard InChI is InChI=1S/C15H20N4O2/c1-15(2,9-11-7-5-4-6-8-11)10-16-13(20)12-17-14(21)19(3)18-12/h4-8H,9-10H2,1-3H3,(H,16,20)(H,17,18,21). The molecule has 0 aliphatic rings. The van der Waals surface area contributed by atoms with Gasteiger partial charge < -0.3 is 5.32 Å². The van der Waals surface area contributed by atoms with E-state index in [2.05, 4.69) is 41.4 Å². The zero-order chi connectivity index (χ0) is 15.5. The third-order valence-electron chi connectivity index (χ3n) is 3.24. The van der Waals surface area contributed by atoms with Crippen molar-refractivity contribution in [2.24, 2.45) is 12.5 Å². The Morgan fingerprint density at radius 3 is 2.57 bits per heavy atom. The van der Waals surface area contributed by atoms with Crippen LogP contribution in [0.2, 0.25) is 0 Å². The monoisotopic (exact) mass is 288 g/mol. The highest BCUT2D eigenvalue weighted by Gasteiger charge is 2.21. The fourth-order valence-corrected chi connectivity index (χ4v) is 2.12. The van der Waals surface area contributed by atoms with Crippen molar-refractivity contribution in [2.45, 2.75) is 20.3 Å². The van der Waals surface area contributed by atoms with Gasteiger partial charge in [-0.15, -0.1) is 5.10 Å². The Hall–Kier alpha value is -2.37. The van der Waals surface area contributed by atoms with Crippen molar-refractivity contribution in [3.8, 4) is 0 Å². The third kappa shape index (κ3) is 4.05. The van der Waals surface area contributed by atoms with Gasteiger partial charge in [-0.1, -0.05) is 44.2 Å². The average Bonchev–Trinajstić information content (AvgIpc) is 2.77. The van der Waals surface area contributed by atoms with Gasteiger partial charge in [0.05, 0.1) is 0 Å². The van der Waals surface area contributed by atoms with Crippen LogP contribution in [0.25, 0.3) is 0 Å². The minimum absolute atomic E-state index is 0.0398. The lowest BCUT2D eigenvalue weighted by atomic mass is 9.85. The Kier molecular flexibility index (Phi) is 4.26. The second-order valence-corrected chi connectivity index (χ2v) is 5.91. The second-order valence-electron chi connectivity index (χ2n) is 5.91. The molecule has 1 aromatic carbocycles. The molecule has 21 heavy (non-hydrogen) atoms. The maximum atomic E-state index is 12.0. The molecule has 1 amide bonds. The maximum Gasteiger partial charge on any atom is 0.343 e. The minimum atomic E-state index is -0.399. The van der Waals surface area contributed by atoms with Crippen LogP contribution in [0.4, 0.5) is 0 Å². The molecule has 1 aromatic heterocycles. The number of amides is 1. The van der Waals surface area contributed by atoms with Crippen molar-refractivity contribution in [1.82, 2.24) is 20.1 Å². The first kappa shape index (κ1) is 15.0. The quantitative estimate of drug-likeness (QED) is 0.865. The number of nitrogens with zero attached hydrogens (tertiary/aromatic N) is 2. The number of aromatic nitrogens is 3. The summed E-state index contributed by atoms with van der Waals surface area (Å²) < 4.78 is 1.10. The molecular formula is C15H20N4O2. The molecule has 2 aromatic rings. The molecule has 0 atom stereocenters. The summed E-state index contributed by atoms with van der Waals surface area (Å²) in [5.74, 6) is -0.327. The fourth-order valence-electron chi connectivity index (χ4n) is 2.12. The molecule has 2 rings (SSSR count). The van der Waals surface area contributed by atoms with E-state index in [1.165, 1.54) is 12.6 Å². The number of H-pyrrole nitrogens is 1. The molecule has 6 nitrogen and oxygen atoms in total. The van der Waals surface area contributed by atoms with Crippen LogP contribution in [0, 0.1) is 5.41 Å².